The summed E-state index contributed by atoms with van der Waals surface area (Å²) in [6, 6.07) is 4.15. The lowest BCUT2D eigenvalue weighted by Crippen LogP contribution is -2.36. The number of carbonyl (C=O) groups is 1. The van der Waals surface area contributed by atoms with Gasteiger partial charge < -0.3 is 9.30 Å². The highest BCUT2D eigenvalue weighted by atomic mass is 16.5. The van der Waals surface area contributed by atoms with Crippen molar-refractivity contribution >= 4 is 5.78 Å². The summed E-state index contributed by atoms with van der Waals surface area (Å²) in [6.07, 6.45) is 2.92. The molecule has 2 rings (SSSR count). The molecular formula is C12H18N2O2. The van der Waals surface area contributed by atoms with E-state index in [4.69, 9.17) is 4.74 Å². The molecule has 88 valence electrons. The standard InChI is InChI=1S/C12H18N2O2/c1-13-6-3-4-11(13)12(15)8-14(2)10-5-7-16-9-10/h3-4,6,10H,5,7-9H2,1-2H3. The number of carbonyl (C=O) groups excluding carboxylic acids is 1. The Morgan fingerprint density at radius 3 is 3.06 bits per heavy atom. The average molecular weight is 222 g/mol. The minimum absolute atomic E-state index is 0.168. The second kappa shape index (κ2) is 4.80. The smallest absolute Gasteiger partial charge is 0.193 e. The normalized spacial score (nSPS) is 20.6. The molecule has 1 unspecified atom stereocenters. The van der Waals surface area contributed by atoms with Gasteiger partial charge in [-0.05, 0) is 25.6 Å². The quantitative estimate of drug-likeness (QED) is 0.711. The van der Waals surface area contributed by atoms with Crippen molar-refractivity contribution in [2.75, 3.05) is 26.8 Å². The lowest BCUT2D eigenvalue weighted by Gasteiger charge is -2.21. The summed E-state index contributed by atoms with van der Waals surface area (Å²) in [4.78, 5) is 14.1. The Morgan fingerprint density at radius 2 is 2.50 bits per heavy atom. The van der Waals surface area contributed by atoms with E-state index in [1.807, 2.05) is 37.0 Å². The molecule has 1 aliphatic heterocycles. The van der Waals surface area contributed by atoms with Crippen molar-refractivity contribution in [3.05, 3.63) is 24.0 Å². The first-order valence-electron chi connectivity index (χ1n) is 5.61. The highest BCUT2D eigenvalue weighted by Crippen LogP contribution is 2.11. The summed E-state index contributed by atoms with van der Waals surface area (Å²) in [6.45, 7) is 2.02. The lowest BCUT2D eigenvalue weighted by molar-refractivity contribution is 0.0899. The van der Waals surface area contributed by atoms with E-state index in [0.717, 1.165) is 25.3 Å². The van der Waals surface area contributed by atoms with Gasteiger partial charge in [0.05, 0.1) is 18.8 Å². The predicted octanol–water partition coefficient (Wildman–Crippen LogP) is 0.929. The van der Waals surface area contributed by atoms with Gasteiger partial charge in [-0.2, -0.15) is 0 Å². The number of ether oxygens (including phenoxy) is 1. The van der Waals surface area contributed by atoms with E-state index in [2.05, 4.69) is 4.90 Å². The van der Waals surface area contributed by atoms with Crippen molar-refractivity contribution in [1.29, 1.82) is 0 Å². The van der Waals surface area contributed by atoms with E-state index in [-0.39, 0.29) is 5.78 Å². The number of Topliss-reactive ketones (excluding diaryl/α,β-unsaturated/α-hetero) is 1. The second-order valence-corrected chi connectivity index (χ2v) is 4.36. The first kappa shape index (κ1) is 11.4. The number of likely N-dealkylation sites (N-methyl/N-ethyl adjacent to an activating group) is 1. The molecule has 4 heteroatoms. The van der Waals surface area contributed by atoms with Gasteiger partial charge >= 0.3 is 0 Å². The third-order valence-electron chi connectivity index (χ3n) is 3.15. The first-order chi connectivity index (χ1) is 7.68. The predicted molar refractivity (Wildman–Crippen MR) is 61.6 cm³/mol. The minimum Gasteiger partial charge on any atom is -0.380 e. The van der Waals surface area contributed by atoms with Crippen LogP contribution in [0, 0.1) is 0 Å². The molecule has 0 amide bonds. The fourth-order valence-corrected chi connectivity index (χ4v) is 2.06. The molecule has 0 aromatic carbocycles. The molecule has 16 heavy (non-hydrogen) atoms. The zero-order valence-corrected chi connectivity index (χ0v) is 9.85. The van der Waals surface area contributed by atoms with E-state index >= 15 is 0 Å². The third-order valence-corrected chi connectivity index (χ3v) is 3.15. The van der Waals surface area contributed by atoms with Gasteiger partial charge in [0.2, 0.25) is 0 Å². The van der Waals surface area contributed by atoms with Crippen molar-refractivity contribution < 1.29 is 9.53 Å². The number of rotatable bonds is 4. The summed E-state index contributed by atoms with van der Waals surface area (Å²) in [5.74, 6) is 0.168. The van der Waals surface area contributed by atoms with E-state index in [1.54, 1.807) is 0 Å². The first-order valence-corrected chi connectivity index (χ1v) is 5.61. The van der Waals surface area contributed by atoms with Crippen LogP contribution in [0.4, 0.5) is 0 Å². The molecule has 1 aromatic heterocycles. The molecule has 1 aliphatic rings. The molecule has 0 bridgehead atoms. The molecule has 0 spiro atoms. The van der Waals surface area contributed by atoms with Crippen LogP contribution in [0.3, 0.4) is 0 Å². The lowest BCUT2D eigenvalue weighted by atomic mass is 10.2. The van der Waals surface area contributed by atoms with Gasteiger partial charge in [0.1, 0.15) is 0 Å². The van der Waals surface area contributed by atoms with Crippen LogP contribution < -0.4 is 0 Å². The topological polar surface area (TPSA) is 34.5 Å². The Kier molecular flexibility index (Phi) is 3.41. The summed E-state index contributed by atoms with van der Waals surface area (Å²) in [7, 11) is 3.88. The Hall–Kier alpha value is -1.13. The van der Waals surface area contributed by atoms with Crippen LogP contribution in [0.2, 0.25) is 0 Å². The number of ketones is 1. The number of nitrogens with zero attached hydrogens (tertiary/aromatic N) is 2. The fraction of sp³-hybridized carbons (Fsp3) is 0.583. The number of aromatic nitrogens is 1. The van der Waals surface area contributed by atoms with E-state index in [9.17, 15) is 4.79 Å². The molecule has 0 aliphatic carbocycles. The van der Waals surface area contributed by atoms with Crippen LogP contribution in [-0.2, 0) is 11.8 Å². The third kappa shape index (κ3) is 2.33. The number of aryl methyl sites for hydroxylation is 1. The van der Waals surface area contributed by atoms with Gasteiger partial charge in [-0.3, -0.25) is 9.69 Å². The molecule has 1 fully saturated rings. The van der Waals surface area contributed by atoms with Gasteiger partial charge in [0.15, 0.2) is 5.78 Å². The SMILES string of the molecule is CN(CC(=O)c1cccn1C)C1CCOC1. The number of hydrogen-bond donors (Lipinski definition) is 0. The van der Waals surface area contributed by atoms with Gasteiger partial charge in [-0.15, -0.1) is 0 Å². The maximum Gasteiger partial charge on any atom is 0.193 e. The Bertz CT molecular complexity index is 367. The highest BCUT2D eigenvalue weighted by Gasteiger charge is 2.22. The van der Waals surface area contributed by atoms with Crippen molar-refractivity contribution in [2.45, 2.75) is 12.5 Å². The van der Waals surface area contributed by atoms with E-state index in [1.165, 1.54) is 0 Å². The maximum atomic E-state index is 12.0. The molecular weight excluding hydrogens is 204 g/mol. The molecule has 1 saturated heterocycles. The Morgan fingerprint density at radius 1 is 1.69 bits per heavy atom. The molecule has 2 heterocycles. The summed E-state index contributed by atoms with van der Waals surface area (Å²) < 4.78 is 7.18. The molecule has 0 N–H and O–H groups in total. The van der Waals surface area contributed by atoms with Gasteiger partial charge in [-0.1, -0.05) is 0 Å². The van der Waals surface area contributed by atoms with E-state index in [0.29, 0.717) is 12.6 Å². The van der Waals surface area contributed by atoms with Crippen molar-refractivity contribution in [2.24, 2.45) is 7.05 Å². The maximum absolute atomic E-state index is 12.0. The highest BCUT2D eigenvalue weighted by molar-refractivity contribution is 5.96. The average Bonchev–Trinajstić information content (AvgIpc) is 2.86. The van der Waals surface area contributed by atoms with E-state index < -0.39 is 0 Å². The minimum atomic E-state index is 0.168. The van der Waals surface area contributed by atoms with Crippen molar-refractivity contribution in [1.82, 2.24) is 9.47 Å². The molecule has 0 saturated carbocycles. The van der Waals surface area contributed by atoms with Crippen molar-refractivity contribution in [3.63, 3.8) is 0 Å². The summed E-state index contributed by atoms with van der Waals surface area (Å²) in [5, 5.41) is 0. The molecule has 1 aromatic rings. The van der Waals surface area contributed by atoms with Crippen LogP contribution in [0.15, 0.2) is 18.3 Å². The Labute approximate surface area is 95.8 Å². The fourth-order valence-electron chi connectivity index (χ4n) is 2.06. The monoisotopic (exact) mass is 222 g/mol. The van der Waals surface area contributed by atoms with Crippen molar-refractivity contribution in [3.8, 4) is 0 Å². The van der Waals surface area contributed by atoms with Crippen LogP contribution in [0.1, 0.15) is 16.9 Å². The summed E-state index contributed by atoms with van der Waals surface area (Å²) in [5.41, 5.74) is 0.769. The van der Waals surface area contributed by atoms with Crippen LogP contribution in [-0.4, -0.2) is 48.1 Å². The van der Waals surface area contributed by atoms with Gasteiger partial charge in [0.25, 0.3) is 0 Å². The zero-order valence-electron chi connectivity index (χ0n) is 9.85. The van der Waals surface area contributed by atoms with Gasteiger partial charge in [-0.25, -0.2) is 0 Å². The Balaban J connectivity index is 1.94. The molecule has 1 atom stereocenters. The molecule has 0 radical (unpaired) electrons. The summed E-state index contributed by atoms with van der Waals surface area (Å²) >= 11 is 0. The molecule has 4 nitrogen and oxygen atoms in total. The largest absolute Gasteiger partial charge is 0.380 e. The number of hydrogen-bond acceptors (Lipinski definition) is 3. The van der Waals surface area contributed by atoms with Crippen LogP contribution >= 0.6 is 0 Å². The second-order valence-electron chi connectivity index (χ2n) is 4.36. The van der Waals surface area contributed by atoms with Gasteiger partial charge in [0, 0.05) is 25.9 Å². The van der Waals surface area contributed by atoms with Crippen LogP contribution in [0.5, 0.6) is 0 Å². The van der Waals surface area contributed by atoms with Crippen LogP contribution in [0.25, 0.3) is 0 Å². The zero-order chi connectivity index (χ0) is 11.5.